The van der Waals surface area contributed by atoms with Crippen LogP contribution in [0.5, 0.6) is 0 Å². The molecule has 0 aliphatic carbocycles. The van der Waals surface area contributed by atoms with Gasteiger partial charge in [-0.25, -0.2) is 0 Å². The number of nitrogens with zero attached hydrogens (tertiary/aromatic N) is 2. The standard InChI is InChI=1S/C14H16BrN3/c1-16-14(8-12-4-2-3-7-17-12)9-13-6-5-11(15)10-18-13/h2-7,10,14,16H,8-9H2,1H3. The number of pyridine rings is 2. The van der Waals surface area contributed by atoms with E-state index in [1.54, 1.807) is 0 Å². The minimum Gasteiger partial charge on any atom is -0.316 e. The third-order valence-corrected chi connectivity index (χ3v) is 3.30. The first-order valence-electron chi connectivity index (χ1n) is 5.95. The summed E-state index contributed by atoms with van der Waals surface area (Å²) in [5.41, 5.74) is 2.20. The monoisotopic (exact) mass is 305 g/mol. The Balaban J connectivity index is 1.99. The Bertz CT molecular complexity index is 470. The van der Waals surface area contributed by atoms with Crippen LogP contribution in [0.25, 0.3) is 0 Å². The third kappa shape index (κ3) is 3.89. The summed E-state index contributed by atoms with van der Waals surface area (Å²) in [6, 6.07) is 10.4. The highest BCUT2D eigenvalue weighted by molar-refractivity contribution is 9.10. The molecule has 2 aromatic rings. The van der Waals surface area contributed by atoms with E-state index in [2.05, 4.69) is 37.3 Å². The van der Waals surface area contributed by atoms with Gasteiger partial charge in [-0.2, -0.15) is 0 Å². The Hall–Kier alpha value is -1.26. The fraction of sp³-hybridized carbons (Fsp3) is 0.286. The van der Waals surface area contributed by atoms with Crippen LogP contribution in [-0.2, 0) is 12.8 Å². The minimum absolute atomic E-state index is 0.355. The molecule has 94 valence electrons. The van der Waals surface area contributed by atoms with Gasteiger partial charge in [-0.05, 0) is 47.2 Å². The summed E-state index contributed by atoms with van der Waals surface area (Å²) < 4.78 is 1.01. The van der Waals surface area contributed by atoms with Crippen molar-refractivity contribution < 1.29 is 0 Å². The van der Waals surface area contributed by atoms with Gasteiger partial charge in [0, 0.05) is 47.1 Å². The van der Waals surface area contributed by atoms with E-state index >= 15 is 0 Å². The maximum Gasteiger partial charge on any atom is 0.0420 e. The molecule has 2 aromatic heterocycles. The molecule has 1 N–H and O–H groups in total. The molecular formula is C14H16BrN3. The smallest absolute Gasteiger partial charge is 0.0420 e. The van der Waals surface area contributed by atoms with E-state index in [4.69, 9.17) is 0 Å². The zero-order chi connectivity index (χ0) is 12.8. The largest absolute Gasteiger partial charge is 0.316 e. The van der Waals surface area contributed by atoms with Crippen molar-refractivity contribution in [3.8, 4) is 0 Å². The SMILES string of the molecule is CNC(Cc1ccccn1)Cc1ccc(Br)cn1. The summed E-state index contributed by atoms with van der Waals surface area (Å²) in [6.45, 7) is 0. The first kappa shape index (κ1) is 13.2. The highest BCUT2D eigenvalue weighted by atomic mass is 79.9. The van der Waals surface area contributed by atoms with Crippen molar-refractivity contribution in [1.29, 1.82) is 0 Å². The molecule has 0 aliphatic heterocycles. The van der Waals surface area contributed by atoms with E-state index in [9.17, 15) is 0 Å². The number of rotatable bonds is 5. The van der Waals surface area contributed by atoms with Gasteiger partial charge in [0.05, 0.1) is 0 Å². The normalized spacial score (nSPS) is 12.3. The van der Waals surface area contributed by atoms with Gasteiger partial charge in [0.1, 0.15) is 0 Å². The summed E-state index contributed by atoms with van der Waals surface area (Å²) in [5.74, 6) is 0. The van der Waals surface area contributed by atoms with Crippen molar-refractivity contribution in [1.82, 2.24) is 15.3 Å². The average Bonchev–Trinajstić information content (AvgIpc) is 2.41. The lowest BCUT2D eigenvalue weighted by Gasteiger charge is -2.15. The Labute approximate surface area is 116 Å². The molecule has 3 nitrogen and oxygen atoms in total. The lowest BCUT2D eigenvalue weighted by molar-refractivity contribution is 0.544. The van der Waals surface area contributed by atoms with Gasteiger partial charge in [-0.1, -0.05) is 6.07 Å². The maximum atomic E-state index is 4.40. The molecule has 0 saturated heterocycles. The van der Waals surface area contributed by atoms with Crippen LogP contribution in [0.2, 0.25) is 0 Å². The first-order chi connectivity index (χ1) is 8.78. The molecule has 0 spiro atoms. The molecule has 1 unspecified atom stereocenters. The maximum absolute atomic E-state index is 4.40. The highest BCUT2D eigenvalue weighted by Crippen LogP contribution is 2.10. The van der Waals surface area contributed by atoms with Gasteiger partial charge in [0.15, 0.2) is 0 Å². The summed E-state index contributed by atoms with van der Waals surface area (Å²) >= 11 is 3.39. The molecule has 0 amide bonds. The van der Waals surface area contributed by atoms with Crippen molar-refractivity contribution in [3.05, 3.63) is 58.6 Å². The summed E-state index contributed by atoms with van der Waals surface area (Å²) in [6.07, 6.45) is 5.48. The Morgan fingerprint density at radius 3 is 2.44 bits per heavy atom. The Kier molecular flexibility index (Phi) is 4.84. The molecule has 0 bridgehead atoms. The van der Waals surface area contributed by atoms with Crippen molar-refractivity contribution in [2.75, 3.05) is 7.05 Å². The Morgan fingerprint density at radius 1 is 1.11 bits per heavy atom. The van der Waals surface area contributed by atoms with E-state index in [0.29, 0.717) is 6.04 Å². The molecule has 0 radical (unpaired) electrons. The third-order valence-electron chi connectivity index (χ3n) is 2.83. The molecule has 18 heavy (non-hydrogen) atoms. The molecular weight excluding hydrogens is 290 g/mol. The highest BCUT2D eigenvalue weighted by Gasteiger charge is 2.09. The lowest BCUT2D eigenvalue weighted by atomic mass is 10.1. The zero-order valence-corrected chi connectivity index (χ0v) is 11.9. The molecule has 2 rings (SSSR count). The molecule has 2 heterocycles. The van der Waals surface area contributed by atoms with Crippen molar-refractivity contribution in [3.63, 3.8) is 0 Å². The van der Waals surface area contributed by atoms with E-state index < -0.39 is 0 Å². The molecule has 0 fully saturated rings. The average molecular weight is 306 g/mol. The van der Waals surface area contributed by atoms with E-state index in [-0.39, 0.29) is 0 Å². The topological polar surface area (TPSA) is 37.8 Å². The van der Waals surface area contributed by atoms with Crippen LogP contribution in [0.3, 0.4) is 0 Å². The van der Waals surface area contributed by atoms with Gasteiger partial charge in [-0.15, -0.1) is 0 Å². The quantitative estimate of drug-likeness (QED) is 0.923. The van der Waals surface area contributed by atoms with E-state index in [1.807, 2.05) is 43.7 Å². The number of aromatic nitrogens is 2. The predicted octanol–water partition coefficient (Wildman–Crippen LogP) is 2.61. The number of halogens is 1. The van der Waals surface area contributed by atoms with Gasteiger partial charge in [0.2, 0.25) is 0 Å². The summed E-state index contributed by atoms with van der Waals surface area (Å²) in [5, 5.41) is 3.32. The van der Waals surface area contributed by atoms with Crippen molar-refractivity contribution in [2.45, 2.75) is 18.9 Å². The van der Waals surface area contributed by atoms with Crippen LogP contribution in [0.1, 0.15) is 11.4 Å². The number of nitrogens with one attached hydrogen (secondary N) is 1. The van der Waals surface area contributed by atoms with Crippen molar-refractivity contribution in [2.24, 2.45) is 0 Å². The summed E-state index contributed by atoms with van der Waals surface area (Å²) in [4.78, 5) is 8.75. The number of hydrogen-bond acceptors (Lipinski definition) is 3. The zero-order valence-electron chi connectivity index (χ0n) is 10.3. The number of hydrogen-bond donors (Lipinski definition) is 1. The first-order valence-corrected chi connectivity index (χ1v) is 6.75. The second-order valence-corrected chi connectivity index (χ2v) is 5.10. The lowest BCUT2D eigenvalue weighted by Crippen LogP contribution is -2.30. The van der Waals surface area contributed by atoms with Crippen molar-refractivity contribution >= 4 is 15.9 Å². The minimum atomic E-state index is 0.355. The van der Waals surface area contributed by atoms with Gasteiger partial charge < -0.3 is 5.32 Å². The van der Waals surface area contributed by atoms with Gasteiger partial charge >= 0.3 is 0 Å². The van der Waals surface area contributed by atoms with Gasteiger partial charge in [-0.3, -0.25) is 9.97 Å². The fourth-order valence-corrected chi connectivity index (χ4v) is 2.06. The second-order valence-electron chi connectivity index (χ2n) is 4.18. The molecule has 0 aromatic carbocycles. The molecule has 4 heteroatoms. The molecule has 0 saturated carbocycles. The molecule has 0 aliphatic rings. The molecule has 1 atom stereocenters. The van der Waals surface area contributed by atoms with Crippen LogP contribution in [-0.4, -0.2) is 23.1 Å². The van der Waals surface area contributed by atoms with Crippen LogP contribution in [0, 0.1) is 0 Å². The van der Waals surface area contributed by atoms with Gasteiger partial charge in [0.25, 0.3) is 0 Å². The van der Waals surface area contributed by atoms with Crippen LogP contribution >= 0.6 is 15.9 Å². The predicted molar refractivity (Wildman–Crippen MR) is 76.4 cm³/mol. The second kappa shape index (κ2) is 6.61. The number of likely N-dealkylation sites (N-methyl/N-ethyl adjacent to an activating group) is 1. The van der Waals surface area contributed by atoms with Crippen LogP contribution < -0.4 is 5.32 Å². The Morgan fingerprint density at radius 2 is 1.89 bits per heavy atom. The van der Waals surface area contributed by atoms with E-state index in [1.165, 1.54) is 0 Å². The van der Waals surface area contributed by atoms with Crippen LogP contribution in [0.4, 0.5) is 0 Å². The summed E-state index contributed by atoms with van der Waals surface area (Å²) in [7, 11) is 1.98. The van der Waals surface area contributed by atoms with Crippen LogP contribution in [0.15, 0.2) is 47.2 Å². The fourth-order valence-electron chi connectivity index (χ4n) is 1.83. The van der Waals surface area contributed by atoms with E-state index in [0.717, 1.165) is 28.7 Å².